The number of aryl methyl sites for hydroxylation is 2. The monoisotopic (exact) mass is 443 g/mol. The molecule has 0 saturated carbocycles. The van der Waals surface area contributed by atoms with Crippen molar-refractivity contribution in [1.82, 2.24) is 4.57 Å². The van der Waals surface area contributed by atoms with Gasteiger partial charge in [0.1, 0.15) is 18.1 Å². The van der Waals surface area contributed by atoms with Gasteiger partial charge in [0.15, 0.2) is 0 Å². The molecule has 2 heterocycles. The standard InChI is InChI=1S/C27H25NO3S/c1-20(29)18-31-24-8-4-6-21(16-24)7-5-14-28-17-22(11-12-27(28)30)25-9-2-3-10-26(25)23-13-15-32-19-23/h2-4,6,8-13,15-17,19,29H,1,5,7,14,18H2. The summed E-state index contributed by atoms with van der Waals surface area (Å²) in [5.41, 5.74) is 5.64. The molecule has 32 heavy (non-hydrogen) atoms. The lowest BCUT2D eigenvalue weighted by Gasteiger charge is -2.12. The van der Waals surface area contributed by atoms with Crippen molar-refractivity contribution >= 4 is 11.3 Å². The van der Waals surface area contributed by atoms with Crippen LogP contribution in [0.15, 0.2) is 101 Å². The summed E-state index contributed by atoms with van der Waals surface area (Å²) in [7, 11) is 0. The van der Waals surface area contributed by atoms with E-state index < -0.39 is 0 Å². The van der Waals surface area contributed by atoms with Crippen molar-refractivity contribution in [1.29, 1.82) is 0 Å². The molecule has 0 aliphatic carbocycles. The molecule has 0 spiro atoms. The minimum absolute atomic E-state index is 0.000284. The molecule has 0 radical (unpaired) electrons. The number of aliphatic hydroxyl groups is 1. The van der Waals surface area contributed by atoms with Gasteiger partial charge in [0.25, 0.3) is 5.56 Å². The minimum Gasteiger partial charge on any atom is -0.509 e. The van der Waals surface area contributed by atoms with Crippen molar-refractivity contribution in [3.63, 3.8) is 0 Å². The topological polar surface area (TPSA) is 51.5 Å². The average molecular weight is 444 g/mol. The molecule has 4 rings (SSSR count). The third-order valence-electron chi connectivity index (χ3n) is 5.22. The van der Waals surface area contributed by atoms with Crippen LogP contribution >= 0.6 is 11.3 Å². The van der Waals surface area contributed by atoms with Gasteiger partial charge < -0.3 is 14.4 Å². The van der Waals surface area contributed by atoms with Gasteiger partial charge >= 0.3 is 0 Å². The fourth-order valence-corrected chi connectivity index (χ4v) is 4.34. The third kappa shape index (κ3) is 5.37. The van der Waals surface area contributed by atoms with Crippen molar-refractivity contribution in [2.75, 3.05) is 6.61 Å². The summed E-state index contributed by atoms with van der Waals surface area (Å²) >= 11 is 1.68. The van der Waals surface area contributed by atoms with E-state index >= 15 is 0 Å². The Morgan fingerprint density at radius 1 is 1.00 bits per heavy atom. The summed E-state index contributed by atoms with van der Waals surface area (Å²) in [5.74, 6) is 0.692. The van der Waals surface area contributed by atoms with Crippen LogP contribution in [-0.2, 0) is 13.0 Å². The van der Waals surface area contributed by atoms with Crippen LogP contribution < -0.4 is 10.3 Å². The molecule has 2 aromatic carbocycles. The van der Waals surface area contributed by atoms with Gasteiger partial charge in [-0.25, -0.2) is 0 Å². The average Bonchev–Trinajstić information content (AvgIpc) is 3.34. The van der Waals surface area contributed by atoms with Crippen LogP contribution in [0.2, 0.25) is 0 Å². The summed E-state index contributed by atoms with van der Waals surface area (Å²) < 4.78 is 7.28. The molecule has 0 aliphatic heterocycles. The van der Waals surface area contributed by atoms with E-state index in [1.54, 1.807) is 22.0 Å². The number of hydrogen-bond donors (Lipinski definition) is 1. The Morgan fingerprint density at radius 3 is 2.56 bits per heavy atom. The molecule has 0 amide bonds. The Morgan fingerprint density at radius 2 is 1.81 bits per heavy atom. The molecule has 2 aromatic heterocycles. The highest BCUT2D eigenvalue weighted by molar-refractivity contribution is 7.08. The number of ether oxygens (including phenoxy) is 1. The fraction of sp³-hybridized carbons (Fsp3) is 0.148. The van der Waals surface area contributed by atoms with Crippen LogP contribution in [0.3, 0.4) is 0 Å². The van der Waals surface area contributed by atoms with E-state index in [9.17, 15) is 9.90 Å². The molecule has 0 aliphatic rings. The minimum atomic E-state index is -0.00441. The Hall–Kier alpha value is -3.57. The maximum absolute atomic E-state index is 12.5. The van der Waals surface area contributed by atoms with E-state index in [1.165, 1.54) is 11.1 Å². The van der Waals surface area contributed by atoms with E-state index in [2.05, 4.69) is 35.5 Å². The highest BCUT2D eigenvalue weighted by Gasteiger charge is 2.09. The van der Waals surface area contributed by atoms with Gasteiger partial charge in [-0.15, -0.1) is 0 Å². The van der Waals surface area contributed by atoms with Gasteiger partial charge in [0, 0.05) is 18.8 Å². The Kier molecular flexibility index (Phi) is 6.87. The second kappa shape index (κ2) is 10.2. The van der Waals surface area contributed by atoms with Crippen molar-refractivity contribution < 1.29 is 9.84 Å². The number of pyridine rings is 1. The van der Waals surface area contributed by atoms with Gasteiger partial charge in [0.05, 0.1) is 0 Å². The van der Waals surface area contributed by atoms with Crippen molar-refractivity contribution in [2.24, 2.45) is 0 Å². The van der Waals surface area contributed by atoms with Crippen LogP contribution in [-0.4, -0.2) is 16.3 Å². The second-order valence-electron chi connectivity index (χ2n) is 7.61. The van der Waals surface area contributed by atoms with E-state index in [-0.39, 0.29) is 17.9 Å². The zero-order valence-electron chi connectivity index (χ0n) is 17.7. The molecule has 0 atom stereocenters. The lowest BCUT2D eigenvalue weighted by Crippen LogP contribution is -2.18. The Balaban J connectivity index is 1.48. The normalized spacial score (nSPS) is 10.8. The molecule has 1 N–H and O–H groups in total. The molecule has 0 saturated heterocycles. The molecule has 0 bridgehead atoms. The number of benzene rings is 2. The molecular formula is C27H25NO3S. The predicted octanol–water partition coefficient (Wildman–Crippen LogP) is 6.33. The van der Waals surface area contributed by atoms with Gasteiger partial charge in [-0.3, -0.25) is 4.79 Å². The number of nitrogens with zero attached hydrogens (tertiary/aromatic N) is 1. The lowest BCUT2D eigenvalue weighted by atomic mass is 9.97. The first-order valence-corrected chi connectivity index (χ1v) is 11.5. The maximum atomic E-state index is 12.5. The van der Waals surface area contributed by atoms with Crippen molar-refractivity contribution in [2.45, 2.75) is 19.4 Å². The van der Waals surface area contributed by atoms with Crippen LogP contribution in [0.4, 0.5) is 0 Å². The van der Waals surface area contributed by atoms with Crippen molar-refractivity contribution in [3.8, 4) is 28.0 Å². The molecule has 4 aromatic rings. The number of aromatic nitrogens is 1. The molecule has 0 unspecified atom stereocenters. The Bertz CT molecular complexity index is 1260. The molecule has 4 nitrogen and oxygen atoms in total. The number of thiophene rings is 1. The lowest BCUT2D eigenvalue weighted by molar-refractivity contribution is 0.272. The molecule has 162 valence electrons. The zero-order valence-corrected chi connectivity index (χ0v) is 18.6. The van der Waals surface area contributed by atoms with E-state index in [0.717, 1.165) is 29.5 Å². The van der Waals surface area contributed by atoms with Crippen molar-refractivity contribution in [3.05, 3.63) is 112 Å². The van der Waals surface area contributed by atoms with Gasteiger partial charge in [-0.2, -0.15) is 11.3 Å². The quantitative estimate of drug-likeness (QED) is 0.308. The van der Waals surface area contributed by atoms with E-state index in [4.69, 9.17) is 4.74 Å². The van der Waals surface area contributed by atoms with Crippen LogP contribution in [0, 0.1) is 0 Å². The highest BCUT2D eigenvalue weighted by Crippen LogP contribution is 2.32. The van der Waals surface area contributed by atoms with Gasteiger partial charge in [-0.05, 0) is 75.7 Å². The summed E-state index contributed by atoms with van der Waals surface area (Å²) in [6.07, 6.45) is 3.60. The van der Waals surface area contributed by atoms with Crippen LogP contribution in [0.1, 0.15) is 12.0 Å². The summed E-state index contributed by atoms with van der Waals surface area (Å²) in [6, 6.07) is 21.7. The third-order valence-corrected chi connectivity index (χ3v) is 5.91. The molecule has 5 heteroatoms. The highest BCUT2D eigenvalue weighted by atomic mass is 32.1. The molecule has 0 fully saturated rings. The summed E-state index contributed by atoms with van der Waals surface area (Å²) in [4.78, 5) is 12.5. The number of aliphatic hydroxyl groups excluding tert-OH is 1. The van der Waals surface area contributed by atoms with Crippen LogP contribution in [0.25, 0.3) is 22.3 Å². The first kappa shape index (κ1) is 21.7. The SMILES string of the molecule is C=C(O)COc1cccc(CCCn2cc(-c3ccccc3-c3ccsc3)ccc2=O)c1. The van der Waals surface area contributed by atoms with Crippen LogP contribution in [0.5, 0.6) is 5.75 Å². The smallest absolute Gasteiger partial charge is 0.250 e. The fourth-order valence-electron chi connectivity index (χ4n) is 3.68. The van der Waals surface area contributed by atoms with E-state index in [1.807, 2.05) is 48.7 Å². The van der Waals surface area contributed by atoms with Gasteiger partial charge in [-0.1, -0.05) is 43.0 Å². The number of rotatable bonds is 9. The summed E-state index contributed by atoms with van der Waals surface area (Å²) in [6.45, 7) is 4.14. The number of hydrogen-bond acceptors (Lipinski definition) is 4. The first-order valence-electron chi connectivity index (χ1n) is 10.5. The first-order chi connectivity index (χ1) is 15.6. The Labute approximate surface area is 191 Å². The predicted molar refractivity (Wildman–Crippen MR) is 131 cm³/mol. The van der Waals surface area contributed by atoms with Gasteiger partial charge in [0.2, 0.25) is 0 Å². The molecular weight excluding hydrogens is 418 g/mol. The maximum Gasteiger partial charge on any atom is 0.250 e. The van der Waals surface area contributed by atoms with E-state index in [0.29, 0.717) is 12.3 Å². The second-order valence-corrected chi connectivity index (χ2v) is 8.39. The largest absolute Gasteiger partial charge is 0.509 e. The summed E-state index contributed by atoms with van der Waals surface area (Å²) in [5, 5.41) is 13.4. The zero-order chi connectivity index (χ0) is 22.3.